The van der Waals surface area contributed by atoms with Gasteiger partial charge < -0.3 is 30.1 Å². The van der Waals surface area contributed by atoms with E-state index in [1.807, 2.05) is 25.1 Å². The van der Waals surface area contributed by atoms with Crippen LogP contribution in [0, 0.1) is 0 Å². The van der Waals surface area contributed by atoms with E-state index >= 15 is 0 Å². The summed E-state index contributed by atoms with van der Waals surface area (Å²) >= 11 is 0. The number of phenolic OH excluding ortho intramolecular Hbond substituents is 1. The number of benzene rings is 1. The molecule has 1 saturated carbocycles. The van der Waals surface area contributed by atoms with Crippen LogP contribution in [0.4, 0.5) is 11.8 Å². The number of amides is 1. The minimum absolute atomic E-state index is 0.0618. The predicted molar refractivity (Wildman–Crippen MR) is 119 cm³/mol. The van der Waals surface area contributed by atoms with Gasteiger partial charge >= 0.3 is 0 Å². The Hall–Kier alpha value is -3.23. The van der Waals surface area contributed by atoms with E-state index in [2.05, 4.69) is 20.6 Å². The highest BCUT2D eigenvalue weighted by atomic mass is 16.5. The molecule has 0 bridgehead atoms. The summed E-state index contributed by atoms with van der Waals surface area (Å²) in [5.41, 5.74) is 0.720. The molecule has 1 aliphatic rings. The summed E-state index contributed by atoms with van der Waals surface area (Å²) in [6, 6.07) is 5.61. The highest BCUT2D eigenvalue weighted by Crippen LogP contribution is 2.37. The van der Waals surface area contributed by atoms with Crippen molar-refractivity contribution in [1.29, 1.82) is 0 Å². The molecule has 1 amide bonds. The largest absolute Gasteiger partial charge is 0.502 e. The molecule has 0 saturated heterocycles. The fourth-order valence-corrected chi connectivity index (χ4v) is 3.75. The van der Waals surface area contributed by atoms with E-state index in [0.29, 0.717) is 5.95 Å². The molecule has 1 fully saturated rings. The lowest BCUT2D eigenvalue weighted by molar-refractivity contribution is -0.121. The lowest BCUT2D eigenvalue weighted by Crippen LogP contribution is -2.40. The van der Waals surface area contributed by atoms with Gasteiger partial charge in [0.25, 0.3) is 0 Å². The molecule has 3 rings (SSSR count). The maximum atomic E-state index is 12.5. The van der Waals surface area contributed by atoms with Gasteiger partial charge in [-0.15, -0.1) is 0 Å². The lowest BCUT2D eigenvalue weighted by Gasteiger charge is -2.29. The zero-order valence-corrected chi connectivity index (χ0v) is 18.5. The number of nitrogens with one attached hydrogen (secondary N) is 2. The van der Waals surface area contributed by atoms with E-state index in [-0.39, 0.29) is 41.7 Å². The fraction of sp³-hybridized carbons (Fsp3) is 0.500. The van der Waals surface area contributed by atoms with Crippen LogP contribution in [0.15, 0.2) is 24.4 Å². The Kier molecular flexibility index (Phi) is 7.38. The number of hydrogen-bond donors (Lipinski definition) is 3. The molecule has 1 heterocycles. The van der Waals surface area contributed by atoms with Crippen LogP contribution in [0.3, 0.4) is 0 Å². The minimum Gasteiger partial charge on any atom is -0.502 e. The van der Waals surface area contributed by atoms with Gasteiger partial charge in [0.2, 0.25) is 17.6 Å². The number of aromatic hydroxyl groups is 1. The summed E-state index contributed by atoms with van der Waals surface area (Å²) in [6.45, 7) is 0. The fourth-order valence-electron chi connectivity index (χ4n) is 3.75. The zero-order valence-electron chi connectivity index (χ0n) is 18.5. The Labute approximate surface area is 182 Å². The first kappa shape index (κ1) is 22.5. The number of aromatic nitrogens is 2. The Morgan fingerprint density at radius 3 is 2.32 bits per heavy atom. The molecule has 0 aliphatic heterocycles. The van der Waals surface area contributed by atoms with Crippen LogP contribution in [-0.4, -0.2) is 61.4 Å². The molecule has 1 aliphatic carbocycles. The molecular formula is C22H31N5O4. The van der Waals surface area contributed by atoms with E-state index in [0.717, 1.165) is 37.1 Å². The van der Waals surface area contributed by atoms with Gasteiger partial charge in [0.15, 0.2) is 11.5 Å². The topological polar surface area (TPSA) is 109 Å². The van der Waals surface area contributed by atoms with Crippen molar-refractivity contribution < 1.29 is 19.4 Å². The van der Waals surface area contributed by atoms with Crippen molar-refractivity contribution in [3.05, 3.63) is 30.0 Å². The monoisotopic (exact) mass is 429 g/mol. The molecule has 0 unspecified atom stereocenters. The first-order chi connectivity index (χ1) is 14.9. The van der Waals surface area contributed by atoms with Crippen molar-refractivity contribution in [2.24, 2.45) is 0 Å². The molecule has 3 N–H and O–H groups in total. The average molecular weight is 430 g/mol. The third kappa shape index (κ3) is 5.90. The van der Waals surface area contributed by atoms with Crippen molar-refractivity contribution >= 4 is 17.7 Å². The van der Waals surface area contributed by atoms with Gasteiger partial charge in [-0.25, -0.2) is 4.98 Å². The molecule has 31 heavy (non-hydrogen) atoms. The summed E-state index contributed by atoms with van der Waals surface area (Å²) in [5, 5.41) is 16.5. The number of methoxy groups -OCH3 is 2. The van der Waals surface area contributed by atoms with E-state index in [1.54, 1.807) is 18.3 Å². The van der Waals surface area contributed by atoms with Crippen molar-refractivity contribution in [3.63, 3.8) is 0 Å². The number of carbonyl (C=O) groups is 1. The van der Waals surface area contributed by atoms with Crippen LogP contribution in [0.2, 0.25) is 0 Å². The number of carbonyl (C=O) groups excluding carboxylic acids is 1. The van der Waals surface area contributed by atoms with E-state index < -0.39 is 0 Å². The molecule has 0 spiro atoms. The number of ether oxygens (including phenoxy) is 2. The number of hydrogen-bond acceptors (Lipinski definition) is 8. The van der Waals surface area contributed by atoms with E-state index in [4.69, 9.17) is 9.47 Å². The van der Waals surface area contributed by atoms with Gasteiger partial charge in [-0.1, -0.05) is 0 Å². The van der Waals surface area contributed by atoms with Crippen molar-refractivity contribution in [2.45, 2.75) is 44.2 Å². The van der Waals surface area contributed by atoms with Crippen molar-refractivity contribution in [2.75, 3.05) is 38.5 Å². The van der Waals surface area contributed by atoms with Crippen molar-refractivity contribution in [3.8, 4) is 17.2 Å². The zero-order chi connectivity index (χ0) is 22.4. The molecule has 1 aromatic heterocycles. The first-order valence-corrected chi connectivity index (χ1v) is 10.4. The Bertz CT molecular complexity index is 872. The number of nitrogens with zero attached hydrogens (tertiary/aromatic N) is 3. The molecule has 2 aromatic rings. The van der Waals surface area contributed by atoms with Crippen LogP contribution in [0.25, 0.3) is 0 Å². The summed E-state index contributed by atoms with van der Waals surface area (Å²) in [7, 11) is 6.83. The normalized spacial score (nSPS) is 18.2. The van der Waals surface area contributed by atoms with Gasteiger partial charge in [0.1, 0.15) is 5.82 Å². The molecule has 0 radical (unpaired) electrons. The number of phenols is 1. The van der Waals surface area contributed by atoms with Crippen molar-refractivity contribution in [1.82, 2.24) is 15.3 Å². The summed E-state index contributed by atoms with van der Waals surface area (Å²) < 4.78 is 10.3. The smallest absolute Gasteiger partial charge is 0.224 e. The van der Waals surface area contributed by atoms with Crippen LogP contribution < -0.4 is 25.0 Å². The molecular weight excluding hydrogens is 398 g/mol. The van der Waals surface area contributed by atoms with Gasteiger partial charge in [0, 0.05) is 32.4 Å². The Morgan fingerprint density at radius 2 is 1.74 bits per heavy atom. The highest BCUT2D eigenvalue weighted by Gasteiger charge is 2.23. The van der Waals surface area contributed by atoms with E-state index in [9.17, 15) is 9.90 Å². The van der Waals surface area contributed by atoms with Crippen LogP contribution >= 0.6 is 0 Å². The summed E-state index contributed by atoms with van der Waals surface area (Å²) in [5.74, 6) is 1.94. The van der Waals surface area contributed by atoms with Crippen LogP contribution in [0.1, 0.15) is 31.2 Å². The SMILES string of the molecule is COc1cc(CC(=O)NC2CCC(Nc3nccc(N(C)C)n3)CC2)cc(OC)c1O. The second-order valence-electron chi connectivity index (χ2n) is 7.92. The quantitative estimate of drug-likeness (QED) is 0.587. The highest BCUT2D eigenvalue weighted by molar-refractivity contribution is 5.79. The lowest BCUT2D eigenvalue weighted by atomic mass is 9.91. The number of anilines is 2. The molecule has 168 valence electrons. The molecule has 9 heteroatoms. The van der Waals surface area contributed by atoms with E-state index in [1.165, 1.54) is 14.2 Å². The molecule has 9 nitrogen and oxygen atoms in total. The third-order valence-corrected chi connectivity index (χ3v) is 5.43. The predicted octanol–water partition coefficient (Wildman–Crippen LogP) is 2.35. The van der Waals surface area contributed by atoms with Gasteiger partial charge in [0.05, 0.1) is 20.6 Å². The second kappa shape index (κ2) is 10.2. The first-order valence-electron chi connectivity index (χ1n) is 10.4. The molecule has 0 atom stereocenters. The van der Waals surface area contributed by atoms with Gasteiger partial charge in [-0.3, -0.25) is 4.79 Å². The Morgan fingerprint density at radius 1 is 1.13 bits per heavy atom. The van der Waals surface area contributed by atoms with Crippen LogP contribution in [-0.2, 0) is 11.2 Å². The van der Waals surface area contributed by atoms with Gasteiger partial charge in [-0.2, -0.15) is 4.98 Å². The minimum atomic E-state index is -0.0694. The second-order valence-corrected chi connectivity index (χ2v) is 7.92. The van der Waals surface area contributed by atoms with Crippen LogP contribution in [0.5, 0.6) is 17.2 Å². The maximum absolute atomic E-state index is 12.5. The van der Waals surface area contributed by atoms with Gasteiger partial charge in [-0.05, 0) is 49.4 Å². The Balaban J connectivity index is 1.50. The average Bonchev–Trinajstić information content (AvgIpc) is 2.76. The standard InChI is InChI=1S/C22H31N5O4/c1-27(2)19-9-10-23-22(26-19)25-16-7-5-15(6-8-16)24-20(28)13-14-11-17(30-3)21(29)18(12-14)31-4/h9-12,15-16,29H,5-8,13H2,1-4H3,(H,24,28)(H,23,25,26). The number of rotatable bonds is 8. The maximum Gasteiger partial charge on any atom is 0.224 e. The third-order valence-electron chi connectivity index (χ3n) is 5.43. The summed E-state index contributed by atoms with van der Waals surface area (Å²) in [4.78, 5) is 23.3. The molecule has 1 aromatic carbocycles. The summed E-state index contributed by atoms with van der Waals surface area (Å²) in [6.07, 6.45) is 5.58.